The maximum Gasteiger partial charge on any atom is 0.310 e. The van der Waals surface area contributed by atoms with Crippen molar-refractivity contribution in [1.82, 2.24) is 9.80 Å². The van der Waals surface area contributed by atoms with Gasteiger partial charge in [-0.05, 0) is 48.9 Å². The minimum absolute atomic E-state index is 0.111. The number of carbonyl (C=O) groups excluding carboxylic acids is 3. The molecular formula is C25H30N2O6S. The summed E-state index contributed by atoms with van der Waals surface area (Å²) in [6.07, 6.45) is 1.42. The number of likely N-dealkylation sites (N-methyl/N-ethyl adjacent to an activating group) is 1. The topological polar surface area (TPSA) is 85.4 Å². The first-order chi connectivity index (χ1) is 16.4. The Morgan fingerprint density at radius 2 is 1.91 bits per heavy atom. The van der Waals surface area contributed by atoms with E-state index in [1.165, 1.54) is 25.6 Å². The molecule has 2 aliphatic rings. The van der Waals surface area contributed by atoms with Gasteiger partial charge in [0.2, 0.25) is 5.91 Å². The van der Waals surface area contributed by atoms with Crippen LogP contribution in [0.15, 0.2) is 29.6 Å². The number of esters is 1. The lowest BCUT2D eigenvalue weighted by Gasteiger charge is -2.42. The molecule has 1 aromatic heterocycles. The molecule has 1 fully saturated rings. The summed E-state index contributed by atoms with van der Waals surface area (Å²) in [5.41, 5.74) is 1.03. The average Bonchev–Trinajstić information content (AvgIpc) is 3.39. The summed E-state index contributed by atoms with van der Waals surface area (Å²) >= 11 is 1.51. The van der Waals surface area contributed by atoms with Crippen molar-refractivity contribution in [2.45, 2.75) is 31.7 Å². The van der Waals surface area contributed by atoms with Crippen LogP contribution in [0.1, 0.15) is 52.5 Å². The van der Waals surface area contributed by atoms with Crippen LogP contribution in [0, 0.1) is 5.92 Å². The lowest BCUT2D eigenvalue weighted by atomic mass is 9.80. The van der Waals surface area contributed by atoms with E-state index < -0.39 is 12.0 Å². The number of fused-ring (bicyclic) bond motifs is 1. The molecule has 9 heteroatoms. The van der Waals surface area contributed by atoms with Gasteiger partial charge in [-0.25, -0.2) is 0 Å². The zero-order chi connectivity index (χ0) is 24.4. The van der Waals surface area contributed by atoms with E-state index in [4.69, 9.17) is 14.2 Å². The van der Waals surface area contributed by atoms with Crippen molar-refractivity contribution in [3.8, 4) is 11.5 Å². The fraction of sp³-hybridized carbons (Fsp3) is 0.480. The number of ether oxygens (including phenoxy) is 3. The third kappa shape index (κ3) is 4.24. The van der Waals surface area contributed by atoms with Crippen LogP contribution in [-0.4, -0.2) is 68.5 Å². The second-order valence-electron chi connectivity index (χ2n) is 8.52. The molecule has 3 heterocycles. The van der Waals surface area contributed by atoms with Crippen LogP contribution < -0.4 is 9.47 Å². The van der Waals surface area contributed by atoms with E-state index in [1.807, 2.05) is 17.5 Å². The second-order valence-corrected chi connectivity index (χ2v) is 9.50. The molecule has 4 rings (SSSR count). The number of hydrogen-bond donors (Lipinski definition) is 0. The van der Waals surface area contributed by atoms with Crippen LogP contribution in [0.2, 0.25) is 0 Å². The SMILES string of the molecule is CCOC(=O)[C@@H]1CCCN(C(=O)[C@@H]2c3cc(OC)c(OC)cc3C(=O)N(C)[C@H]2c2cccs2)C1. The zero-order valence-electron chi connectivity index (χ0n) is 19.9. The van der Waals surface area contributed by atoms with Crippen LogP contribution in [0.25, 0.3) is 0 Å². The largest absolute Gasteiger partial charge is 0.493 e. The van der Waals surface area contributed by atoms with Gasteiger partial charge in [0.05, 0.1) is 38.7 Å². The fourth-order valence-electron chi connectivity index (χ4n) is 4.96. The molecule has 2 aliphatic heterocycles. The third-order valence-corrected chi connectivity index (χ3v) is 7.57. The van der Waals surface area contributed by atoms with Crippen molar-refractivity contribution < 1.29 is 28.6 Å². The summed E-state index contributed by atoms with van der Waals surface area (Å²) in [5, 5.41) is 1.94. The summed E-state index contributed by atoms with van der Waals surface area (Å²) in [6, 6.07) is 6.79. The van der Waals surface area contributed by atoms with Crippen molar-refractivity contribution in [2.24, 2.45) is 5.92 Å². The van der Waals surface area contributed by atoms with Gasteiger partial charge in [-0.15, -0.1) is 11.3 Å². The molecule has 0 unspecified atom stereocenters. The van der Waals surface area contributed by atoms with Gasteiger partial charge in [0.1, 0.15) is 0 Å². The number of piperidine rings is 1. The van der Waals surface area contributed by atoms with Gasteiger partial charge in [0.25, 0.3) is 5.91 Å². The Kier molecular flexibility index (Phi) is 7.11. The molecule has 34 heavy (non-hydrogen) atoms. The first-order valence-electron chi connectivity index (χ1n) is 11.4. The Balaban J connectivity index is 1.79. The van der Waals surface area contributed by atoms with E-state index in [1.54, 1.807) is 35.9 Å². The molecule has 2 amide bonds. The maximum atomic E-state index is 14.1. The number of amides is 2. The van der Waals surface area contributed by atoms with E-state index in [-0.39, 0.29) is 23.7 Å². The van der Waals surface area contributed by atoms with Gasteiger partial charge < -0.3 is 24.0 Å². The molecule has 8 nitrogen and oxygen atoms in total. The predicted octanol–water partition coefficient (Wildman–Crippen LogP) is 3.48. The first kappa shape index (κ1) is 24.1. The van der Waals surface area contributed by atoms with Crippen molar-refractivity contribution in [3.63, 3.8) is 0 Å². The molecule has 0 spiro atoms. The van der Waals surface area contributed by atoms with E-state index >= 15 is 0 Å². The number of methoxy groups -OCH3 is 2. The number of thiophene rings is 1. The Bertz CT molecular complexity index is 1070. The van der Waals surface area contributed by atoms with Gasteiger partial charge in [-0.3, -0.25) is 14.4 Å². The standard InChI is InChI=1S/C25H30N2O6S/c1-5-33-25(30)15-8-6-10-27(14-15)24(29)21-16-12-18(31-3)19(32-4)13-17(16)23(28)26(2)22(21)20-9-7-11-34-20/h7,9,11-13,15,21-22H,5-6,8,10,14H2,1-4H3/t15-,21-,22+/m1/s1. The van der Waals surface area contributed by atoms with Crippen LogP contribution in [0.5, 0.6) is 11.5 Å². The molecule has 1 saturated heterocycles. The van der Waals surface area contributed by atoms with E-state index in [0.29, 0.717) is 48.7 Å². The second kappa shape index (κ2) is 10.0. The highest BCUT2D eigenvalue weighted by atomic mass is 32.1. The summed E-state index contributed by atoms with van der Waals surface area (Å²) in [4.78, 5) is 44.2. The summed E-state index contributed by atoms with van der Waals surface area (Å²) in [7, 11) is 4.77. The molecule has 0 aliphatic carbocycles. The minimum atomic E-state index is -0.642. The Morgan fingerprint density at radius 3 is 2.56 bits per heavy atom. The van der Waals surface area contributed by atoms with Crippen molar-refractivity contribution in [1.29, 1.82) is 0 Å². The van der Waals surface area contributed by atoms with Crippen LogP contribution >= 0.6 is 11.3 Å². The van der Waals surface area contributed by atoms with Crippen molar-refractivity contribution in [2.75, 3.05) is 41.0 Å². The molecule has 182 valence electrons. The number of nitrogens with zero attached hydrogens (tertiary/aromatic N) is 2. The molecule has 0 radical (unpaired) electrons. The highest BCUT2D eigenvalue weighted by Crippen LogP contribution is 2.47. The van der Waals surface area contributed by atoms with Crippen molar-refractivity contribution in [3.05, 3.63) is 45.6 Å². The van der Waals surface area contributed by atoms with Crippen LogP contribution in [0.4, 0.5) is 0 Å². The highest BCUT2D eigenvalue weighted by molar-refractivity contribution is 7.10. The van der Waals surface area contributed by atoms with Gasteiger partial charge >= 0.3 is 5.97 Å². The number of likely N-dealkylation sites (tertiary alicyclic amines) is 1. The van der Waals surface area contributed by atoms with E-state index in [9.17, 15) is 14.4 Å². The van der Waals surface area contributed by atoms with Crippen molar-refractivity contribution >= 4 is 29.1 Å². The monoisotopic (exact) mass is 486 g/mol. The molecule has 3 atom stereocenters. The van der Waals surface area contributed by atoms with E-state index in [2.05, 4.69) is 0 Å². The summed E-state index contributed by atoms with van der Waals surface area (Å²) in [6.45, 7) is 2.96. The Morgan fingerprint density at radius 1 is 1.18 bits per heavy atom. The molecule has 0 bridgehead atoms. The van der Waals surface area contributed by atoms with E-state index in [0.717, 1.165) is 11.3 Å². The lowest BCUT2D eigenvalue weighted by molar-refractivity contribution is -0.151. The lowest BCUT2D eigenvalue weighted by Crippen LogP contribution is -2.50. The van der Waals surface area contributed by atoms with Gasteiger partial charge in [-0.1, -0.05) is 6.07 Å². The smallest absolute Gasteiger partial charge is 0.310 e. The number of benzene rings is 1. The normalized spacial score (nSPS) is 22.2. The third-order valence-electron chi connectivity index (χ3n) is 6.63. The Hall–Kier alpha value is -3.07. The first-order valence-corrected chi connectivity index (χ1v) is 12.3. The molecule has 0 saturated carbocycles. The molecular weight excluding hydrogens is 456 g/mol. The average molecular weight is 487 g/mol. The fourth-order valence-corrected chi connectivity index (χ4v) is 5.86. The van der Waals surface area contributed by atoms with Crippen LogP contribution in [-0.2, 0) is 14.3 Å². The van der Waals surface area contributed by atoms with Gasteiger partial charge in [-0.2, -0.15) is 0 Å². The summed E-state index contributed by atoms with van der Waals surface area (Å²) < 4.78 is 16.1. The summed E-state index contributed by atoms with van der Waals surface area (Å²) in [5.74, 6) is -0.643. The molecule has 2 aromatic rings. The van der Waals surface area contributed by atoms with Crippen LogP contribution in [0.3, 0.4) is 0 Å². The number of carbonyl (C=O) groups is 3. The van der Waals surface area contributed by atoms with Gasteiger partial charge in [0, 0.05) is 30.6 Å². The Labute approximate surface area is 203 Å². The quantitative estimate of drug-likeness (QED) is 0.582. The minimum Gasteiger partial charge on any atom is -0.493 e. The highest BCUT2D eigenvalue weighted by Gasteiger charge is 2.46. The maximum absolute atomic E-state index is 14.1. The van der Waals surface area contributed by atoms with Gasteiger partial charge in [0.15, 0.2) is 11.5 Å². The predicted molar refractivity (Wildman–Crippen MR) is 127 cm³/mol. The number of hydrogen-bond acceptors (Lipinski definition) is 7. The molecule has 0 N–H and O–H groups in total. The number of rotatable bonds is 6. The zero-order valence-corrected chi connectivity index (χ0v) is 20.7. The molecule has 1 aromatic carbocycles.